The highest BCUT2D eigenvalue weighted by atomic mass is 35.5. The van der Waals surface area contributed by atoms with Crippen molar-refractivity contribution in [1.29, 1.82) is 0 Å². The van der Waals surface area contributed by atoms with Crippen LogP contribution >= 0.6 is 12.4 Å². The summed E-state index contributed by atoms with van der Waals surface area (Å²) < 4.78 is 5.27. The van der Waals surface area contributed by atoms with Gasteiger partial charge in [-0.15, -0.1) is 12.4 Å². The van der Waals surface area contributed by atoms with Crippen molar-refractivity contribution in [2.45, 2.75) is 51.2 Å². The first-order valence-electron chi connectivity index (χ1n) is 10.8. The summed E-state index contributed by atoms with van der Waals surface area (Å²) in [5, 5.41) is 0. The molecule has 2 aliphatic rings. The Kier molecular flexibility index (Phi) is 7.79. The molecular weight excluding hydrogens is 396 g/mol. The van der Waals surface area contributed by atoms with Crippen LogP contribution in [0.1, 0.15) is 43.2 Å². The minimum absolute atomic E-state index is 0. The Morgan fingerprint density at radius 1 is 0.967 bits per heavy atom. The Bertz CT molecular complexity index is 798. The van der Waals surface area contributed by atoms with Gasteiger partial charge in [-0.2, -0.15) is 0 Å². The summed E-state index contributed by atoms with van der Waals surface area (Å²) in [6, 6.07) is 18.6. The molecule has 162 valence electrons. The van der Waals surface area contributed by atoms with Crippen molar-refractivity contribution < 1.29 is 9.53 Å². The molecular formula is C25H33ClN2O2. The number of hydrogen-bond acceptors (Lipinski definition) is 3. The van der Waals surface area contributed by atoms with Crippen molar-refractivity contribution in [1.82, 2.24) is 4.90 Å². The maximum absolute atomic E-state index is 13.6. The number of carbonyl (C=O) groups is 1. The number of halogens is 1. The van der Waals surface area contributed by atoms with Crippen LogP contribution in [0.2, 0.25) is 0 Å². The highest BCUT2D eigenvalue weighted by molar-refractivity contribution is 5.85. The number of amides is 1. The zero-order chi connectivity index (χ0) is 20.2. The van der Waals surface area contributed by atoms with E-state index in [4.69, 9.17) is 10.5 Å². The number of nitrogens with zero attached hydrogens (tertiary/aromatic N) is 1. The van der Waals surface area contributed by atoms with E-state index < -0.39 is 0 Å². The topological polar surface area (TPSA) is 55.6 Å². The monoisotopic (exact) mass is 428 g/mol. The summed E-state index contributed by atoms with van der Waals surface area (Å²) >= 11 is 0. The maximum atomic E-state index is 13.6. The van der Waals surface area contributed by atoms with Crippen molar-refractivity contribution in [3.05, 3.63) is 65.7 Å². The molecule has 4 rings (SSSR count). The van der Waals surface area contributed by atoms with Crippen LogP contribution in [0.25, 0.3) is 0 Å². The number of nitrogens with two attached hydrogens (primary N) is 1. The molecule has 2 unspecified atom stereocenters. The summed E-state index contributed by atoms with van der Waals surface area (Å²) in [5.41, 5.74) is 8.76. The van der Waals surface area contributed by atoms with Crippen LogP contribution in [0, 0.1) is 17.8 Å². The average molecular weight is 429 g/mol. The molecule has 2 bridgehead atoms. The number of methoxy groups -OCH3 is 1. The second-order valence-electron chi connectivity index (χ2n) is 8.72. The van der Waals surface area contributed by atoms with E-state index in [0.717, 1.165) is 24.2 Å². The highest BCUT2D eigenvalue weighted by Gasteiger charge is 2.41. The molecule has 4 nitrogen and oxygen atoms in total. The van der Waals surface area contributed by atoms with Gasteiger partial charge < -0.3 is 15.4 Å². The van der Waals surface area contributed by atoms with E-state index in [-0.39, 0.29) is 30.3 Å². The third-order valence-electron chi connectivity index (χ3n) is 6.82. The zero-order valence-corrected chi connectivity index (χ0v) is 18.5. The fraction of sp³-hybridized carbons (Fsp3) is 0.480. The molecule has 0 aromatic heterocycles. The molecule has 2 saturated carbocycles. The second-order valence-corrected chi connectivity index (χ2v) is 8.72. The largest absolute Gasteiger partial charge is 0.497 e. The fourth-order valence-corrected chi connectivity index (χ4v) is 5.22. The minimum Gasteiger partial charge on any atom is -0.497 e. The van der Waals surface area contributed by atoms with Gasteiger partial charge in [-0.3, -0.25) is 4.79 Å². The van der Waals surface area contributed by atoms with Crippen LogP contribution in [-0.4, -0.2) is 24.0 Å². The molecule has 2 aliphatic carbocycles. The molecule has 2 N–H and O–H groups in total. The SMILES string of the molecule is COc1ccc(CN(Cc2ccccc2)C(=O)C2CC3CCCC(C2)C3N)cc1.Cl. The molecule has 2 aromatic carbocycles. The Hall–Kier alpha value is -2.04. The van der Waals surface area contributed by atoms with Gasteiger partial charge in [-0.1, -0.05) is 48.9 Å². The molecule has 0 heterocycles. The summed E-state index contributed by atoms with van der Waals surface area (Å²) in [6.07, 6.45) is 5.52. The minimum atomic E-state index is 0. The number of rotatable bonds is 6. The number of ether oxygens (including phenoxy) is 1. The first-order chi connectivity index (χ1) is 14.1. The Morgan fingerprint density at radius 2 is 1.53 bits per heavy atom. The van der Waals surface area contributed by atoms with Crippen molar-refractivity contribution >= 4 is 18.3 Å². The number of fused-ring (bicyclic) bond motifs is 2. The molecule has 0 radical (unpaired) electrons. The van der Waals surface area contributed by atoms with E-state index in [1.807, 2.05) is 35.2 Å². The van der Waals surface area contributed by atoms with Gasteiger partial charge in [0.15, 0.2) is 0 Å². The molecule has 2 fully saturated rings. The lowest BCUT2D eigenvalue weighted by molar-refractivity contribution is -0.140. The lowest BCUT2D eigenvalue weighted by Gasteiger charge is -2.44. The van der Waals surface area contributed by atoms with Crippen molar-refractivity contribution in [2.75, 3.05) is 7.11 Å². The Morgan fingerprint density at radius 3 is 2.10 bits per heavy atom. The summed E-state index contributed by atoms with van der Waals surface area (Å²) in [6.45, 7) is 1.26. The molecule has 30 heavy (non-hydrogen) atoms. The third kappa shape index (κ3) is 5.16. The molecule has 0 saturated heterocycles. The lowest BCUT2D eigenvalue weighted by atomic mass is 9.65. The normalized spacial score (nSPS) is 25.1. The quantitative estimate of drug-likeness (QED) is 0.718. The van der Waals surface area contributed by atoms with Gasteiger partial charge in [-0.05, 0) is 60.8 Å². The summed E-state index contributed by atoms with van der Waals surface area (Å²) in [7, 11) is 1.67. The molecule has 2 atom stereocenters. The smallest absolute Gasteiger partial charge is 0.226 e. The van der Waals surface area contributed by atoms with Gasteiger partial charge in [0.1, 0.15) is 5.75 Å². The van der Waals surface area contributed by atoms with Crippen molar-refractivity contribution in [3.8, 4) is 5.75 Å². The van der Waals surface area contributed by atoms with Gasteiger partial charge in [0, 0.05) is 25.0 Å². The van der Waals surface area contributed by atoms with E-state index in [1.165, 1.54) is 24.8 Å². The van der Waals surface area contributed by atoms with Crippen molar-refractivity contribution in [2.24, 2.45) is 23.5 Å². The predicted octanol–water partition coefficient (Wildman–Crippen LogP) is 4.80. The van der Waals surface area contributed by atoms with E-state index in [1.54, 1.807) is 7.11 Å². The van der Waals surface area contributed by atoms with Gasteiger partial charge >= 0.3 is 0 Å². The molecule has 0 spiro atoms. The Balaban J connectivity index is 0.00000256. The maximum Gasteiger partial charge on any atom is 0.226 e. The van der Waals surface area contributed by atoms with E-state index >= 15 is 0 Å². The predicted molar refractivity (Wildman–Crippen MR) is 122 cm³/mol. The lowest BCUT2D eigenvalue weighted by Crippen LogP contribution is -2.49. The first-order valence-corrected chi connectivity index (χ1v) is 10.8. The first kappa shape index (κ1) is 22.6. The number of hydrogen-bond donors (Lipinski definition) is 1. The van der Waals surface area contributed by atoms with Gasteiger partial charge in [0.25, 0.3) is 0 Å². The molecule has 1 amide bonds. The van der Waals surface area contributed by atoms with Gasteiger partial charge in [0.05, 0.1) is 7.11 Å². The molecule has 5 heteroatoms. The number of benzene rings is 2. The van der Waals surface area contributed by atoms with E-state index in [0.29, 0.717) is 24.9 Å². The Labute approximate surface area is 186 Å². The van der Waals surface area contributed by atoms with Crippen LogP contribution in [0.3, 0.4) is 0 Å². The summed E-state index contributed by atoms with van der Waals surface area (Å²) in [4.78, 5) is 15.7. The zero-order valence-electron chi connectivity index (χ0n) is 17.7. The fourth-order valence-electron chi connectivity index (χ4n) is 5.22. The highest BCUT2D eigenvalue weighted by Crippen LogP contribution is 2.42. The van der Waals surface area contributed by atoms with E-state index in [2.05, 4.69) is 24.3 Å². The van der Waals surface area contributed by atoms with Crippen LogP contribution in [0.15, 0.2) is 54.6 Å². The molecule has 2 aromatic rings. The van der Waals surface area contributed by atoms with Crippen LogP contribution in [0.4, 0.5) is 0 Å². The van der Waals surface area contributed by atoms with Crippen molar-refractivity contribution in [3.63, 3.8) is 0 Å². The van der Waals surface area contributed by atoms with Crippen LogP contribution in [-0.2, 0) is 17.9 Å². The van der Waals surface area contributed by atoms with Gasteiger partial charge in [-0.25, -0.2) is 0 Å². The van der Waals surface area contributed by atoms with E-state index in [9.17, 15) is 4.79 Å². The molecule has 0 aliphatic heterocycles. The third-order valence-corrected chi connectivity index (χ3v) is 6.82. The van der Waals surface area contributed by atoms with Crippen LogP contribution < -0.4 is 10.5 Å². The van der Waals surface area contributed by atoms with Gasteiger partial charge in [0.2, 0.25) is 5.91 Å². The number of carbonyl (C=O) groups excluding carboxylic acids is 1. The summed E-state index contributed by atoms with van der Waals surface area (Å²) in [5.74, 6) is 2.25. The average Bonchev–Trinajstić information content (AvgIpc) is 2.74. The second kappa shape index (κ2) is 10.3. The van der Waals surface area contributed by atoms with Crippen LogP contribution in [0.5, 0.6) is 5.75 Å². The standard InChI is InChI=1S/C25H32N2O2.ClH/c1-29-23-12-10-19(11-13-23)17-27(16-18-6-3-2-4-7-18)25(28)22-14-20-8-5-9-21(15-22)24(20)26;/h2-4,6-7,10-13,20-22,24H,5,8-9,14-17,26H2,1H3;1H.